The minimum Gasteiger partial charge on any atom is -0.307 e. The molecule has 0 aliphatic heterocycles. The molecule has 0 saturated carbocycles. The second kappa shape index (κ2) is 6.67. The van der Waals surface area contributed by atoms with E-state index in [1.165, 1.54) is 6.07 Å². The normalized spacial score (nSPS) is 10.3. The minimum atomic E-state index is -0.823. The highest BCUT2D eigenvalue weighted by Crippen LogP contribution is 2.22. The number of carbonyl (C=O) groups excluding carboxylic acids is 1. The van der Waals surface area contributed by atoms with Crippen molar-refractivity contribution in [3.8, 4) is 0 Å². The number of amides is 2. The van der Waals surface area contributed by atoms with E-state index in [1.54, 1.807) is 12.1 Å². The Morgan fingerprint density at radius 3 is 2.43 bits per heavy atom. The summed E-state index contributed by atoms with van der Waals surface area (Å²) in [7, 11) is 0. The standard InChI is InChI=1S/C15H13BrF2N2O/c1-2-9-7-10(16)3-5-13(9)19-15(21)20-14-6-4-11(17)8-12(14)18/h3-8H,2H2,1H3,(H2,19,20,21). The monoisotopic (exact) mass is 354 g/mol. The molecule has 6 heteroatoms. The number of urea groups is 1. The molecule has 0 radical (unpaired) electrons. The molecule has 0 aromatic heterocycles. The number of anilines is 2. The van der Waals surface area contributed by atoms with Gasteiger partial charge in [0.05, 0.1) is 5.69 Å². The Balaban J connectivity index is 2.11. The molecule has 2 rings (SSSR count). The number of hydrogen-bond acceptors (Lipinski definition) is 1. The molecule has 0 heterocycles. The molecule has 0 saturated heterocycles. The number of hydrogen-bond donors (Lipinski definition) is 2. The zero-order chi connectivity index (χ0) is 15.4. The molecule has 21 heavy (non-hydrogen) atoms. The van der Waals surface area contributed by atoms with Crippen LogP contribution in [0.2, 0.25) is 0 Å². The van der Waals surface area contributed by atoms with Crippen molar-refractivity contribution in [1.29, 1.82) is 0 Å². The minimum absolute atomic E-state index is 0.0796. The van der Waals surface area contributed by atoms with E-state index in [4.69, 9.17) is 0 Å². The van der Waals surface area contributed by atoms with Crippen molar-refractivity contribution in [2.45, 2.75) is 13.3 Å². The van der Waals surface area contributed by atoms with E-state index in [1.807, 2.05) is 13.0 Å². The molecule has 2 aromatic carbocycles. The molecule has 2 amide bonds. The summed E-state index contributed by atoms with van der Waals surface area (Å²) in [5.74, 6) is -1.52. The first-order chi connectivity index (χ1) is 9.99. The van der Waals surface area contributed by atoms with Gasteiger partial charge in [0.25, 0.3) is 0 Å². The van der Waals surface area contributed by atoms with E-state index in [9.17, 15) is 13.6 Å². The van der Waals surface area contributed by atoms with Crippen molar-refractivity contribution in [3.63, 3.8) is 0 Å². The molecule has 110 valence electrons. The quantitative estimate of drug-likeness (QED) is 0.805. The molecule has 2 aromatic rings. The van der Waals surface area contributed by atoms with Gasteiger partial charge in [-0.05, 0) is 42.3 Å². The smallest absolute Gasteiger partial charge is 0.307 e. The summed E-state index contributed by atoms with van der Waals surface area (Å²) in [6.07, 6.45) is 0.736. The van der Waals surface area contributed by atoms with Crippen molar-refractivity contribution >= 4 is 33.3 Å². The highest BCUT2D eigenvalue weighted by Gasteiger charge is 2.10. The maximum atomic E-state index is 13.5. The number of benzene rings is 2. The topological polar surface area (TPSA) is 41.1 Å². The Bertz CT molecular complexity index is 677. The van der Waals surface area contributed by atoms with Gasteiger partial charge in [-0.3, -0.25) is 0 Å². The Kier molecular flexibility index (Phi) is 4.90. The molecule has 0 aliphatic carbocycles. The Morgan fingerprint density at radius 2 is 1.76 bits per heavy atom. The van der Waals surface area contributed by atoms with Gasteiger partial charge in [-0.2, -0.15) is 0 Å². The van der Waals surface area contributed by atoms with Crippen LogP contribution in [-0.2, 0) is 6.42 Å². The highest BCUT2D eigenvalue weighted by molar-refractivity contribution is 9.10. The van der Waals surface area contributed by atoms with E-state index >= 15 is 0 Å². The zero-order valence-corrected chi connectivity index (χ0v) is 12.8. The van der Waals surface area contributed by atoms with Crippen LogP contribution in [0.3, 0.4) is 0 Å². The largest absolute Gasteiger partial charge is 0.323 e. The Labute approximate surface area is 129 Å². The second-order valence-electron chi connectivity index (χ2n) is 4.36. The van der Waals surface area contributed by atoms with Gasteiger partial charge in [0.1, 0.15) is 11.6 Å². The van der Waals surface area contributed by atoms with Gasteiger partial charge < -0.3 is 10.6 Å². The van der Waals surface area contributed by atoms with Crippen LogP contribution in [0.25, 0.3) is 0 Å². The molecular weight excluding hydrogens is 342 g/mol. The fourth-order valence-electron chi connectivity index (χ4n) is 1.84. The number of nitrogens with one attached hydrogen (secondary N) is 2. The number of rotatable bonds is 3. The summed E-state index contributed by atoms with van der Waals surface area (Å²) in [4.78, 5) is 11.9. The van der Waals surface area contributed by atoms with Gasteiger partial charge in [0, 0.05) is 16.2 Å². The summed E-state index contributed by atoms with van der Waals surface area (Å²) >= 11 is 3.36. The fraction of sp³-hybridized carbons (Fsp3) is 0.133. The lowest BCUT2D eigenvalue weighted by molar-refractivity contribution is 0.262. The van der Waals surface area contributed by atoms with Crippen LogP contribution in [0.1, 0.15) is 12.5 Å². The van der Waals surface area contributed by atoms with Gasteiger partial charge in [0.2, 0.25) is 0 Å². The van der Waals surface area contributed by atoms with Gasteiger partial charge >= 0.3 is 6.03 Å². The third-order valence-corrected chi connectivity index (χ3v) is 3.37. The average molecular weight is 355 g/mol. The molecule has 0 bridgehead atoms. The summed E-state index contributed by atoms with van der Waals surface area (Å²) < 4.78 is 27.2. The van der Waals surface area contributed by atoms with Gasteiger partial charge in [-0.25, -0.2) is 13.6 Å². The third kappa shape index (κ3) is 4.01. The summed E-state index contributed by atoms with van der Waals surface area (Å²) in [6.45, 7) is 1.96. The highest BCUT2D eigenvalue weighted by atomic mass is 79.9. The summed E-state index contributed by atoms with van der Waals surface area (Å²) in [5.41, 5.74) is 1.50. The molecule has 2 N–H and O–H groups in total. The lowest BCUT2D eigenvalue weighted by atomic mass is 10.1. The van der Waals surface area contributed by atoms with Gasteiger partial charge in [-0.15, -0.1) is 0 Å². The average Bonchev–Trinajstić information content (AvgIpc) is 2.44. The predicted molar refractivity (Wildman–Crippen MR) is 82.5 cm³/mol. The van der Waals surface area contributed by atoms with E-state index in [2.05, 4.69) is 26.6 Å². The van der Waals surface area contributed by atoms with Gasteiger partial charge in [0.15, 0.2) is 0 Å². The van der Waals surface area contributed by atoms with E-state index in [-0.39, 0.29) is 5.69 Å². The Hall–Kier alpha value is -1.95. The van der Waals surface area contributed by atoms with Crippen LogP contribution in [0, 0.1) is 11.6 Å². The molecule has 0 spiro atoms. The van der Waals surface area contributed by atoms with Crippen LogP contribution < -0.4 is 10.6 Å². The lowest BCUT2D eigenvalue weighted by Gasteiger charge is -2.12. The van der Waals surface area contributed by atoms with Crippen molar-refractivity contribution in [1.82, 2.24) is 0 Å². The maximum Gasteiger partial charge on any atom is 0.323 e. The number of carbonyl (C=O) groups is 1. The number of aryl methyl sites for hydroxylation is 1. The van der Waals surface area contributed by atoms with Crippen LogP contribution >= 0.6 is 15.9 Å². The summed E-state index contributed by atoms with van der Waals surface area (Å²) in [5, 5.41) is 5.00. The SMILES string of the molecule is CCc1cc(Br)ccc1NC(=O)Nc1ccc(F)cc1F. The van der Waals surface area contributed by atoms with Gasteiger partial charge in [-0.1, -0.05) is 22.9 Å². The van der Waals surface area contributed by atoms with Crippen molar-refractivity contribution in [2.24, 2.45) is 0 Å². The predicted octanol–water partition coefficient (Wildman–Crippen LogP) is 4.93. The molecule has 3 nitrogen and oxygen atoms in total. The zero-order valence-electron chi connectivity index (χ0n) is 11.2. The maximum absolute atomic E-state index is 13.5. The van der Waals surface area contributed by atoms with Crippen LogP contribution in [0.15, 0.2) is 40.9 Å². The first-order valence-corrected chi connectivity index (χ1v) is 7.10. The lowest BCUT2D eigenvalue weighted by Crippen LogP contribution is -2.21. The first kappa shape index (κ1) is 15.4. The first-order valence-electron chi connectivity index (χ1n) is 6.31. The molecule has 0 aliphatic rings. The van der Waals surface area contributed by atoms with Crippen molar-refractivity contribution in [2.75, 3.05) is 10.6 Å². The van der Waals surface area contributed by atoms with E-state index in [0.29, 0.717) is 11.8 Å². The molecule has 0 unspecified atom stereocenters. The molecule has 0 fully saturated rings. The Morgan fingerprint density at radius 1 is 1.10 bits per heavy atom. The summed E-state index contributed by atoms with van der Waals surface area (Å²) in [6, 6.07) is 7.83. The van der Waals surface area contributed by atoms with Crippen LogP contribution in [-0.4, -0.2) is 6.03 Å². The van der Waals surface area contributed by atoms with Crippen LogP contribution in [0.4, 0.5) is 25.0 Å². The number of halogens is 3. The second-order valence-corrected chi connectivity index (χ2v) is 5.27. The third-order valence-electron chi connectivity index (χ3n) is 2.88. The fourth-order valence-corrected chi connectivity index (χ4v) is 2.25. The molecular formula is C15H13BrF2N2O. The van der Waals surface area contributed by atoms with Crippen molar-refractivity contribution < 1.29 is 13.6 Å². The van der Waals surface area contributed by atoms with Crippen molar-refractivity contribution in [3.05, 3.63) is 58.1 Å². The van der Waals surface area contributed by atoms with E-state index < -0.39 is 17.7 Å². The van der Waals surface area contributed by atoms with E-state index in [0.717, 1.165) is 22.5 Å². The van der Waals surface area contributed by atoms with Crippen LogP contribution in [0.5, 0.6) is 0 Å². The molecule has 0 atom stereocenters.